The van der Waals surface area contributed by atoms with Gasteiger partial charge in [-0.2, -0.15) is 8.78 Å². The van der Waals surface area contributed by atoms with Crippen LogP contribution in [0.4, 0.5) is 14.5 Å². The molecular formula is C18H15F2NO6. The van der Waals surface area contributed by atoms with Gasteiger partial charge in [-0.3, -0.25) is 4.79 Å². The molecule has 0 saturated carbocycles. The molecule has 0 fully saturated rings. The summed E-state index contributed by atoms with van der Waals surface area (Å²) >= 11 is 0. The van der Waals surface area contributed by atoms with Crippen molar-refractivity contribution in [3.63, 3.8) is 0 Å². The number of ether oxygens (including phenoxy) is 3. The lowest BCUT2D eigenvalue weighted by Crippen LogP contribution is -2.21. The van der Waals surface area contributed by atoms with Crippen LogP contribution in [0.3, 0.4) is 0 Å². The maximum atomic E-state index is 12.2. The van der Waals surface area contributed by atoms with Crippen molar-refractivity contribution >= 4 is 23.5 Å². The van der Waals surface area contributed by atoms with Gasteiger partial charge in [-0.25, -0.2) is 9.59 Å². The highest BCUT2D eigenvalue weighted by Crippen LogP contribution is 2.16. The molecule has 0 aliphatic rings. The molecule has 0 aromatic heterocycles. The van der Waals surface area contributed by atoms with Gasteiger partial charge in [0, 0.05) is 5.69 Å². The van der Waals surface area contributed by atoms with Crippen LogP contribution >= 0.6 is 0 Å². The summed E-state index contributed by atoms with van der Waals surface area (Å²) in [6.45, 7) is -3.61. The van der Waals surface area contributed by atoms with Crippen LogP contribution in [0.5, 0.6) is 5.75 Å². The molecule has 0 aliphatic heterocycles. The summed E-state index contributed by atoms with van der Waals surface area (Å²) in [6.07, 6.45) is 0. The molecular weight excluding hydrogens is 364 g/mol. The number of nitrogens with one attached hydrogen (secondary N) is 1. The van der Waals surface area contributed by atoms with Crippen molar-refractivity contribution in [3.05, 3.63) is 59.7 Å². The first-order valence-electron chi connectivity index (χ1n) is 7.59. The number of esters is 2. The first-order valence-corrected chi connectivity index (χ1v) is 7.59. The van der Waals surface area contributed by atoms with Crippen LogP contribution in [0.1, 0.15) is 20.7 Å². The Morgan fingerprint density at radius 3 is 2.33 bits per heavy atom. The maximum absolute atomic E-state index is 12.2. The number of carbonyl (C=O) groups excluding carboxylic acids is 3. The van der Waals surface area contributed by atoms with Crippen LogP contribution in [0, 0.1) is 0 Å². The molecule has 0 saturated heterocycles. The van der Waals surface area contributed by atoms with Gasteiger partial charge in [0.1, 0.15) is 5.75 Å². The van der Waals surface area contributed by atoms with Gasteiger partial charge in [-0.15, -0.1) is 0 Å². The largest absolute Gasteiger partial charge is 0.465 e. The number of anilines is 1. The summed E-state index contributed by atoms with van der Waals surface area (Å²) in [5.41, 5.74) is 0.659. The molecule has 9 heteroatoms. The van der Waals surface area contributed by atoms with E-state index < -0.39 is 31.1 Å². The van der Waals surface area contributed by atoms with Crippen molar-refractivity contribution in [2.75, 3.05) is 19.0 Å². The number of amides is 1. The highest BCUT2D eigenvalue weighted by molar-refractivity contribution is 5.96. The Hall–Kier alpha value is -3.49. The van der Waals surface area contributed by atoms with E-state index in [1.54, 1.807) is 0 Å². The van der Waals surface area contributed by atoms with E-state index in [9.17, 15) is 23.2 Å². The normalized spacial score (nSPS) is 10.2. The third kappa shape index (κ3) is 6.07. The van der Waals surface area contributed by atoms with E-state index >= 15 is 0 Å². The molecule has 2 rings (SSSR count). The van der Waals surface area contributed by atoms with Crippen LogP contribution in [0.25, 0.3) is 0 Å². The second kappa shape index (κ2) is 9.27. The fourth-order valence-electron chi connectivity index (χ4n) is 2.02. The lowest BCUT2D eigenvalue weighted by atomic mass is 10.2. The second-order valence-corrected chi connectivity index (χ2v) is 5.10. The standard InChI is InChI=1S/C18H15F2NO6/c1-25-16(23)11-5-7-13(8-6-11)21-15(22)10-26-17(24)12-3-2-4-14(9-12)27-18(19)20/h2-9,18H,10H2,1H3,(H,21,22). The van der Waals surface area contributed by atoms with Gasteiger partial charge in [-0.1, -0.05) is 6.07 Å². The third-order valence-corrected chi connectivity index (χ3v) is 3.22. The molecule has 0 unspecified atom stereocenters. The van der Waals surface area contributed by atoms with Gasteiger partial charge in [-0.05, 0) is 42.5 Å². The average Bonchev–Trinajstić information content (AvgIpc) is 2.65. The smallest absolute Gasteiger partial charge is 0.387 e. The Morgan fingerprint density at radius 1 is 1.00 bits per heavy atom. The Balaban J connectivity index is 1.88. The van der Waals surface area contributed by atoms with E-state index in [1.807, 2.05) is 0 Å². The van der Waals surface area contributed by atoms with E-state index in [4.69, 9.17) is 4.74 Å². The molecule has 0 spiro atoms. The molecule has 1 N–H and O–H groups in total. The van der Waals surface area contributed by atoms with Crippen LogP contribution in [0.15, 0.2) is 48.5 Å². The maximum Gasteiger partial charge on any atom is 0.387 e. The van der Waals surface area contributed by atoms with Crippen LogP contribution in [-0.4, -0.2) is 38.2 Å². The Morgan fingerprint density at radius 2 is 1.70 bits per heavy atom. The van der Waals surface area contributed by atoms with E-state index in [1.165, 1.54) is 49.6 Å². The van der Waals surface area contributed by atoms with Gasteiger partial charge in [0.2, 0.25) is 0 Å². The molecule has 7 nitrogen and oxygen atoms in total. The number of halogens is 2. The quantitative estimate of drug-likeness (QED) is 0.744. The molecule has 142 valence electrons. The number of alkyl halides is 2. The van der Waals surface area contributed by atoms with Crippen LogP contribution in [0.2, 0.25) is 0 Å². The second-order valence-electron chi connectivity index (χ2n) is 5.10. The highest BCUT2D eigenvalue weighted by Gasteiger charge is 2.13. The zero-order chi connectivity index (χ0) is 19.8. The van der Waals surface area contributed by atoms with Crippen LogP contribution < -0.4 is 10.1 Å². The van der Waals surface area contributed by atoms with E-state index in [0.717, 1.165) is 6.07 Å². The molecule has 0 atom stereocenters. The first kappa shape index (κ1) is 19.8. The fraction of sp³-hybridized carbons (Fsp3) is 0.167. The molecule has 27 heavy (non-hydrogen) atoms. The van der Waals surface area contributed by atoms with Gasteiger partial charge >= 0.3 is 18.6 Å². The summed E-state index contributed by atoms with van der Waals surface area (Å²) in [7, 11) is 1.25. The zero-order valence-corrected chi connectivity index (χ0v) is 14.1. The third-order valence-electron chi connectivity index (χ3n) is 3.22. The minimum Gasteiger partial charge on any atom is -0.465 e. The average molecular weight is 379 g/mol. The van der Waals surface area contributed by atoms with Crippen molar-refractivity contribution in [3.8, 4) is 5.75 Å². The number of hydrogen-bond acceptors (Lipinski definition) is 6. The molecule has 0 heterocycles. The summed E-state index contributed by atoms with van der Waals surface area (Å²) in [5.74, 6) is -2.20. The van der Waals surface area contributed by atoms with Gasteiger partial charge in [0.05, 0.1) is 18.2 Å². The number of methoxy groups -OCH3 is 1. The van der Waals surface area contributed by atoms with Crippen molar-refractivity contribution < 1.29 is 37.4 Å². The summed E-state index contributed by atoms with van der Waals surface area (Å²) < 4.78 is 38.0. The summed E-state index contributed by atoms with van der Waals surface area (Å²) in [4.78, 5) is 35.1. The summed E-state index contributed by atoms with van der Waals surface area (Å²) in [6, 6.07) is 10.9. The van der Waals surface area contributed by atoms with E-state index in [2.05, 4.69) is 14.8 Å². The molecule has 0 bridgehead atoms. The number of carbonyl (C=O) groups is 3. The SMILES string of the molecule is COC(=O)c1ccc(NC(=O)COC(=O)c2cccc(OC(F)F)c2)cc1. The minimum atomic E-state index is -3.02. The van der Waals surface area contributed by atoms with Gasteiger partial charge in [0.15, 0.2) is 6.61 Å². The predicted octanol–water partition coefficient (Wildman–Crippen LogP) is 2.87. The number of hydrogen-bond donors (Lipinski definition) is 1. The highest BCUT2D eigenvalue weighted by atomic mass is 19.3. The molecule has 0 aliphatic carbocycles. The van der Waals surface area contributed by atoms with Crippen molar-refractivity contribution in [2.24, 2.45) is 0 Å². The van der Waals surface area contributed by atoms with Crippen molar-refractivity contribution in [1.82, 2.24) is 0 Å². The topological polar surface area (TPSA) is 90.9 Å². The molecule has 2 aromatic rings. The summed E-state index contributed by atoms with van der Waals surface area (Å²) in [5, 5.41) is 2.48. The minimum absolute atomic E-state index is 0.0385. The Labute approximate surface area is 152 Å². The van der Waals surface area contributed by atoms with Gasteiger partial charge in [0.25, 0.3) is 5.91 Å². The van der Waals surface area contributed by atoms with Crippen molar-refractivity contribution in [2.45, 2.75) is 6.61 Å². The molecule has 2 aromatic carbocycles. The Bertz CT molecular complexity index is 823. The first-order chi connectivity index (χ1) is 12.9. The predicted molar refractivity (Wildman–Crippen MR) is 89.8 cm³/mol. The lowest BCUT2D eigenvalue weighted by Gasteiger charge is -2.08. The lowest BCUT2D eigenvalue weighted by molar-refractivity contribution is -0.119. The molecule has 1 amide bonds. The van der Waals surface area contributed by atoms with E-state index in [0.29, 0.717) is 11.3 Å². The zero-order valence-electron chi connectivity index (χ0n) is 14.1. The monoisotopic (exact) mass is 379 g/mol. The molecule has 0 radical (unpaired) electrons. The van der Waals surface area contributed by atoms with E-state index in [-0.39, 0.29) is 11.3 Å². The Kier molecular flexibility index (Phi) is 6.81. The fourth-order valence-corrected chi connectivity index (χ4v) is 2.02. The number of benzene rings is 2. The van der Waals surface area contributed by atoms with Crippen LogP contribution in [-0.2, 0) is 14.3 Å². The van der Waals surface area contributed by atoms with Gasteiger partial charge < -0.3 is 19.5 Å². The van der Waals surface area contributed by atoms with Crippen molar-refractivity contribution in [1.29, 1.82) is 0 Å². The number of rotatable bonds is 7.